The van der Waals surface area contributed by atoms with Gasteiger partial charge in [-0.3, -0.25) is 0 Å². The Bertz CT molecular complexity index is 475. The molecule has 102 valence electrons. The highest BCUT2D eigenvalue weighted by Crippen LogP contribution is 2.21. The van der Waals surface area contributed by atoms with Crippen LogP contribution in [0, 0.1) is 0 Å². The normalized spacial score (nSPS) is 12.0. The van der Waals surface area contributed by atoms with Crippen LogP contribution in [0.2, 0.25) is 5.02 Å². The van der Waals surface area contributed by atoms with Crippen molar-refractivity contribution >= 4 is 21.4 Å². The second-order valence-corrected chi connectivity index (χ2v) is 6.79. The monoisotopic (exact) mass is 290 g/mol. The van der Waals surface area contributed by atoms with Crippen LogP contribution in [-0.2, 0) is 9.84 Å². The second kappa shape index (κ2) is 7.09. The molecule has 0 spiro atoms. The molecular formula is C12H19ClN2O2S. The fourth-order valence-electron chi connectivity index (χ4n) is 1.44. The van der Waals surface area contributed by atoms with Gasteiger partial charge < -0.3 is 10.2 Å². The van der Waals surface area contributed by atoms with E-state index in [1.165, 1.54) is 6.07 Å². The molecule has 0 bridgehead atoms. The molecule has 4 nitrogen and oxygen atoms in total. The van der Waals surface area contributed by atoms with Crippen LogP contribution in [0.15, 0.2) is 29.2 Å². The maximum atomic E-state index is 12.0. The Morgan fingerprint density at radius 3 is 2.50 bits per heavy atom. The van der Waals surface area contributed by atoms with Crippen molar-refractivity contribution in [2.45, 2.75) is 4.90 Å². The van der Waals surface area contributed by atoms with E-state index in [0.717, 1.165) is 13.1 Å². The zero-order valence-electron chi connectivity index (χ0n) is 10.7. The van der Waals surface area contributed by atoms with E-state index in [9.17, 15) is 8.42 Å². The molecule has 0 aromatic heterocycles. The topological polar surface area (TPSA) is 49.4 Å². The Morgan fingerprint density at radius 2 is 1.89 bits per heavy atom. The fraction of sp³-hybridized carbons (Fsp3) is 0.500. The lowest BCUT2D eigenvalue weighted by atomic mass is 10.4. The average Bonchev–Trinajstić information content (AvgIpc) is 2.28. The third kappa shape index (κ3) is 4.94. The Kier molecular flexibility index (Phi) is 6.08. The van der Waals surface area contributed by atoms with Gasteiger partial charge in [0.15, 0.2) is 9.84 Å². The predicted octanol–water partition coefficient (Wildman–Crippen LogP) is 1.26. The summed E-state index contributed by atoms with van der Waals surface area (Å²) in [5.74, 6) is 0.0597. The van der Waals surface area contributed by atoms with Gasteiger partial charge in [0.25, 0.3) is 0 Å². The van der Waals surface area contributed by atoms with Crippen molar-refractivity contribution in [3.63, 3.8) is 0 Å². The molecule has 0 saturated heterocycles. The molecule has 0 atom stereocenters. The van der Waals surface area contributed by atoms with E-state index in [2.05, 4.69) is 5.32 Å². The number of halogens is 1. The standard InChI is InChI=1S/C12H19ClN2O2S/c1-15(2)9-7-14-8-10-18(16,17)12-6-4-3-5-11(12)13/h3-6,14H,7-10H2,1-2H3. The first-order valence-corrected chi connectivity index (χ1v) is 7.79. The summed E-state index contributed by atoms with van der Waals surface area (Å²) in [5.41, 5.74) is 0. The summed E-state index contributed by atoms with van der Waals surface area (Å²) in [7, 11) is 0.649. The summed E-state index contributed by atoms with van der Waals surface area (Å²) in [6.07, 6.45) is 0. The van der Waals surface area contributed by atoms with Gasteiger partial charge in [-0.2, -0.15) is 0 Å². The summed E-state index contributed by atoms with van der Waals surface area (Å²) in [6.45, 7) is 2.08. The first-order chi connectivity index (χ1) is 8.43. The number of benzene rings is 1. The summed E-state index contributed by atoms with van der Waals surface area (Å²) < 4.78 is 24.0. The van der Waals surface area contributed by atoms with E-state index in [1.807, 2.05) is 19.0 Å². The molecule has 1 N–H and O–H groups in total. The van der Waals surface area contributed by atoms with E-state index in [-0.39, 0.29) is 15.7 Å². The molecule has 0 fully saturated rings. The number of likely N-dealkylation sites (N-methyl/N-ethyl adjacent to an activating group) is 1. The van der Waals surface area contributed by atoms with Crippen LogP contribution in [0.3, 0.4) is 0 Å². The quantitative estimate of drug-likeness (QED) is 0.768. The summed E-state index contributed by atoms with van der Waals surface area (Å²) in [5, 5.41) is 3.38. The van der Waals surface area contributed by atoms with Gasteiger partial charge in [-0.05, 0) is 26.2 Å². The van der Waals surface area contributed by atoms with E-state index >= 15 is 0 Å². The van der Waals surface area contributed by atoms with Crippen molar-refractivity contribution in [1.82, 2.24) is 10.2 Å². The number of rotatable bonds is 7. The van der Waals surface area contributed by atoms with Crippen molar-refractivity contribution < 1.29 is 8.42 Å². The smallest absolute Gasteiger partial charge is 0.181 e. The zero-order chi connectivity index (χ0) is 13.6. The van der Waals surface area contributed by atoms with Crippen LogP contribution in [-0.4, -0.2) is 52.8 Å². The minimum absolute atomic E-state index is 0.0597. The first-order valence-electron chi connectivity index (χ1n) is 5.76. The molecule has 0 aliphatic carbocycles. The molecule has 1 aromatic rings. The number of nitrogens with zero attached hydrogens (tertiary/aromatic N) is 1. The number of nitrogens with one attached hydrogen (secondary N) is 1. The lowest BCUT2D eigenvalue weighted by Crippen LogP contribution is -2.30. The van der Waals surface area contributed by atoms with Gasteiger partial charge in [0.2, 0.25) is 0 Å². The van der Waals surface area contributed by atoms with Gasteiger partial charge >= 0.3 is 0 Å². The SMILES string of the molecule is CN(C)CCNCCS(=O)(=O)c1ccccc1Cl. The highest BCUT2D eigenvalue weighted by Gasteiger charge is 2.16. The van der Waals surface area contributed by atoms with E-state index in [4.69, 9.17) is 11.6 Å². The predicted molar refractivity (Wildman–Crippen MR) is 74.9 cm³/mol. The maximum absolute atomic E-state index is 12.0. The Hall–Kier alpha value is -0.620. The lowest BCUT2D eigenvalue weighted by molar-refractivity contribution is 0.402. The fourth-order valence-corrected chi connectivity index (χ4v) is 3.21. The molecule has 1 rings (SSSR count). The molecule has 0 aliphatic heterocycles. The second-order valence-electron chi connectivity index (χ2n) is 4.30. The molecule has 0 saturated carbocycles. The van der Waals surface area contributed by atoms with Crippen LogP contribution < -0.4 is 5.32 Å². The van der Waals surface area contributed by atoms with E-state index in [0.29, 0.717) is 6.54 Å². The van der Waals surface area contributed by atoms with Crippen molar-refractivity contribution in [2.24, 2.45) is 0 Å². The van der Waals surface area contributed by atoms with Gasteiger partial charge in [-0.25, -0.2) is 8.42 Å². The first kappa shape index (κ1) is 15.4. The third-order valence-corrected chi connectivity index (χ3v) is 4.66. The Labute approximate surface area is 114 Å². The molecular weight excluding hydrogens is 272 g/mol. The molecule has 0 amide bonds. The highest BCUT2D eigenvalue weighted by molar-refractivity contribution is 7.91. The van der Waals surface area contributed by atoms with Gasteiger partial charge in [-0.15, -0.1) is 0 Å². The van der Waals surface area contributed by atoms with Crippen LogP contribution in [0.5, 0.6) is 0 Å². The molecule has 0 radical (unpaired) electrons. The maximum Gasteiger partial charge on any atom is 0.181 e. The third-order valence-electron chi connectivity index (χ3n) is 2.46. The van der Waals surface area contributed by atoms with E-state index < -0.39 is 9.84 Å². The summed E-state index contributed by atoms with van der Waals surface area (Å²) in [6, 6.07) is 6.53. The summed E-state index contributed by atoms with van der Waals surface area (Å²) in [4.78, 5) is 2.25. The van der Waals surface area contributed by atoms with Crippen molar-refractivity contribution in [3.8, 4) is 0 Å². The molecule has 0 heterocycles. The van der Waals surface area contributed by atoms with Crippen molar-refractivity contribution in [1.29, 1.82) is 0 Å². The van der Waals surface area contributed by atoms with Crippen LogP contribution in [0.1, 0.15) is 0 Å². The van der Waals surface area contributed by atoms with Gasteiger partial charge in [0.05, 0.1) is 15.7 Å². The number of sulfone groups is 1. The zero-order valence-corrected chi connectivity index (χ0v) is 12.3. The number of hydrogen-bond donors (Lipinski definition) is 1. The van der Waals surface area contributed by atoms with Crippen LogP contribution in [0.4, 0.5) is 0 Å². The minimum atomic E-state index is -3.30. The molecule has 0 aliphatic rings. The van der Waals surface area contributed by atoms with Crippen molar-refractivity contribution in [2.75, 3.05) is 39.5 Å². The Morgan fingerprint density at radius 1 is 1.22 bits per heavy atom. The van der Waals surface area contributed by atoms with Crippen LogP contribution >= 0.6 is 11.6 Å². The van der Waals surface area contributed by atoms with Gasteiger partial charge in [-0.1, -0.05) is 23.7 Å². The summed E-state index contributed by atoms with van der Waals surface area (Å²) >= 11 is 5.88. The van der Waals surface area contributed by atoms with E-state index in [1.54, 1.807) is 18.2 Å². The Balaban J connectivity index is 2.49. The van der Waals surface area contributed by atoms with Gasteiger partial charge in [0.1, 0.15) is 0 Å². The largest absolute Gasteiger partial charge is 0.314 e. The molecule has 6 heteroatoms. The molecule has 0 unspecified atom stereocenters. The van der Waals surface area contributed by atoms with Crippen molar-refractivity contribution in [3.05, 3.63) is 29.3 Å². The highest BCUT2D eigenvalue weighted by atomic mass is 35.5. The molecule has 1 aromatic carbocycles. The van der Waals surface area contributed by atoms with Crippen LogP contribution in [0.25, 0.3) is 0 Å². The molecule has 18 heavy (non-hydrogen) atoms. The average molecular weight is 291 g/mol. The lowest BCUT2D eigenvalue weighted by Gasteiger charge is -2.10. The van der Waals surface area contributed by atoms with Gasteiger partial charge in [0, 0.05) is 19.6 Å². The minimum Gasteiger partial charge on any atom is -0.314 e. The number of hydrogen-bond acceptors (Lipinski definition) is 4.